The van der Waals surface area contributed by atoms with Crippen LogP contribution in [0.2, 0.25) is 0 Å². The number of methoxy groups -OCH3 is 1. The molecule has 18 heavy (non-hydrogen) atoms. The molecule has 0 aromatic heterocycles. The lowest BCUT2D eigenvalue weighted by atomic mass is 10.1. The Morgan fingerprint density at radius 2 is 1.89 bits per heavy atom. The van der Waals surface area contributed by atoms with E-state index in [2.05, 4.69) is 4.74 Å². The number of ether oxygens (including phenoxy) is 2. The molecule has 0 saturated carbocycles. The topological polar surface area (TPSA) is 35.5 Å². The molecule has 0 aliphatic heterocycles. The molecule has 0 fully saturated rings. The maximum absolute atomic E-state index is 12.8. The second-order valence-electron chi connectivity index (χ2n) is 3.87. The van der Waals surface area contributed by atoms with Gasteiger partial charge in [0.05, 0.1) is 24.3 Å². The molecule has 0 saturated heterocycles. The Kier molecular flexibility index (Phi) is 4.21. The third-order valence-corrected chi connectivity index (χ3v) is 2.07. The summed E-state index contributed by atoms with van der Waals surface area (Å²) in [6, 6.07) is 3.08. The monoisotopic (exact) mass is 262 g/mol. The van der Waals surface area contributed by atoms with Crippen LogP contribution in [0.1, 0.15) is 29.8 Å². The first-order valence-electron chi connectivity index (χ1n) is 5.22. The summed E-state index contributed by atoms with van der Waals surface area (Å²) in [6.07, 6.45) is -4.98. The molecule has 0 bridgehead atoms. The molecule has 0 aliphatic carbocycles. The first-order chi connectivity index (χ1) is 8.25. The van der Waals surface area contributed by atoms with E-state index >= 15 is 0 Å². The number of carbonyl (C=O) groups excluding carboxylic acids is 1. The first kappa shape index (κ1) is 14.3. The number of halogens is 3. The molecule has 0 spiro atoms. The summed E-state index contributed by atoms with van der Waals surface area (Å²) in [6.45, 7) is 3.24. The minimum Gasteiger partial charge on any atom is -0.490 e. The van der Waals surface area contributed by atoms with Crippen molar-refractivity contribution in [1.82, 2.24) is 0 Å². The molecule has 1 aromatic rings. The summed E-state index contributed by atoms with van der Waals surface area (Å²) >= 11 is 0. The van der Waals surface area contributed by atoms with Gasteiger partial charge in [0.25, 0.3) is 0 Å². The van der Waals surface area contributed by atoms with Crippen molar-refractivity contribution < 1.29 is 27.4 Å². The highest BCUT2D eigenvalue weighted by Crippen LogP contribution is 2.37. The highest BCUT2D eigenvalue weighted by atomic mass is 19.4. The van der Waals surface area contributed by atoms with E-state index in [1.165, 1.54) is 6.07 Å². The fourth-order valence-electron chi connectivity index (χ4n) is 1.35. The Morgan fingerprint density at radius 1 is 1.28 bits per heavy atom. The van der Waals surface area contributed by atoms with Crippen LogP contribution >= 0.6 is 0 Å². The van der Waals surface area contributed by atoms with Crippen molar-refractivity contribution >= 4 is 5.97 Å². The second-order valence-corrected chi connectivity index (χ2v) is 3.87. The number of rotatable bonds is 3. The van der Waals surface area contributed by atoms with Crippen LogP contribution in [0.15, 0.2) is 18.2 Å². The lowest BCUT2D eigenvalue weighted by molar-refractivity contribution is -0.139. The normalized spacial score (nSPS) is 11.5. The van der Waals surface area contributed by atoms with E-state index in [0.29, 0.717) is 0 Å². The molecular formula is C12H13F3O3. The van der Waals surface area contributed by atoms with E-state index in [-0.39, 0.29) is 11.3 Å². The van der Waals surface area contributed by atoms with Crippen LogP contribution in [0.4, 0.5) is 13.2 Å². The molecule has 0 heterocycles. The van der Waals surface area contributed by atoms with E-state index < -0.39 is 23.8 Å². The third-order valence-electron chi connectivity index (χ3n) is 2.07. The van der Waals surface area contributed by atoms with Gasteiger partial charge in [-0.05, 0) is 32.0 Å². The number of carbonyl (C=O) groups is 1. The molecule has 0 radical (unpaired) electrons. The predicted molar refractivity (Wildman–Crippen MR) is 58.5 cm³/mol. The van der Waals surface area contributed by atoms with Crippen molar-refractivity contribution in [2.24, 2.45) is 0 Å². The first-order valence-corrected chi connectivity index (χ1v) is 5.22. The molecule has 0 atom stereocenters. The van der Waals surface area contributed by atoms with Crippen LogP contribution in [-0.4, -0.2) is 19.2 Å². The molecule has 0 unspecified atom stereocenters. The molecule has 1 aromatic carbocycles. The quantitative estimate of drug-likeness (QED) is 0.784. The van der Waals surface area contributed by atoms with Gasteiger partial charge in [-0.2, -0.15) is 13.2 Å². The summed E-state index contributed by atoms with van der Waals surface area (Å²) in [5.41, 5.74) is -1.15. The lowest BCUT2D eigenvalue weighted by Gasteiger charge is -2.16. The van der Waals surface area contributed by atoms with Crippen molar-refractivity contribution in [3.63, 3.8) is 0 Å². The maximum atomic E-state index is 12.8. The van der Waals surface area contributed by atoms with E-state index in [0.717, 1.165) is 19.2 Å². The average Bonchev–Trinajstić information content (AvgIpc) is 2.26. The fraction of sp³-hybridized carbons (Fsp3) is 0.417. The fourth-order valence-corrected chi connectivity index (χ4v) is 1.35. The molecule has 100 valence electrons. The molecule has 0 aliphatic rings. The smallest absolute Gasteiger partial charge is 0.419 e. The van der Waals surface area contributed by atoms with Gasteiger partial charge in [-0.1, -0.05) is 0 Å². The van der Waals surface area contributed by atoms with E-state index in [4.69, 9.17) is 4.74 Å². The standard InChI is InChI=1S/C12H13F3O3/c1-7(2)18-10-5-4-8(11(16)17-3)6-9(10)12(13,14)15/h4-7H,1-3H3. The molecule has 0 amide bonds. The zero-order valence-corrected chi connectivity index (χ0v) is 10.2. The van der Waals surface area contributed by atoms with Crippen molar-refractivity contribution in [3.8, 4) is 5.75 Å². The van der Waals surface area contributed by atoms with Gasteiger partial charge < -0.3 is 9.47 Å². The van der Waals surface area contributed by atoms with Gasteiger partial charge in [-0.3, -0.25) is 0 Å². The second kappa shape index (κ2) is 5.29. The third kappa shape index (κ3) is 3.38. The zero-order valence-electron chi connectivity index (χ0n) is 10.2. The number of esters is 1. The lowest BCUT2D eigenvalue weighted by Crippen LogP contribution is -2.14. The minimum atomic E-state index is -4.59. The Balaban J connectivity index is 3.25. The van der Waals surface area contributed by atoms with E-state index in [9.17, 15) is 18.0 Å². The predicted octanol–water partition coefficient (Wildman–Crippen LogP) is 3.28. The Labute approximate surface area is 103 Å². The maximum Gasteiger partial charge on any atom is 0.419 e. The molecule has 0 N–H and O–H groups in total. The Morgan fingerprint density at radius 3 is 2.33 bits per heavy atom. The van der Waals surface area contributed by atoms with E-state index in [1.807, 2.05) is 0 Å². The SMILES string of the molecule is COC(=O)c1ccc(OC(C)C)c(C(F)(F)F)c1. The van der Waals surface area contributed by atoms with Crippen LogP contribution < -0.4 is 4.74 Å². The number of hydrogen-bond acceptors (Lipinski definition) is 3. The van der Waals surface area contributed by atoms with Gasteiger partial charge in [0.2, 0.25) is 0 Å². The van der Waals surface area contributed by atoms with Crippen LogP contribution in [0.25, 0.3) is 0 Å². The van der Waals surface area contributed by atoms with Crippen molar-refractivity contribution in [3.05, 3.63) is 29.3 Å². The van der Waals surface area contributed by atoms with Gasteiger partial charge in [0.15, 0.2) is 0 Å². The van der Waals surface area contributed by atoms with Crippen LogP contribution in [0.5, 0.6) is 5.75 Å². The van der Waals surface area contributed by atoms with Crippen LogP contribution in [0.3, 0.4) is 0 Å². The van der Waals surface area contributed by atoms with Crippen LogP contribution in [-0.2, 0) is 10.9 Å². The van der Waals surface area contributed by atoms with Gasteiger partial charge in [-0.15, -0.1) is 0 Å². The highest BCUT2D eigenvalue weighted by molar-refractivity contribution is 5.89. The minimum absolute atomic E-state index is 0.166. The van der Waals surface area contributed by atoms with E-state index in [1.54, 1.807) is 13.8 Å². The molecule has 3 nitrogen and oxygen atoms in total. The van der Waals surface area contributed by atoms with Gasteiger partial charge in [0.1, 0.15) is 5.75 Å². The summed E-state index contributed by atoms with van der Waals surface area (Å²) in [5.74, 6) is -1.12. The largest absolute Gasteiger partial charge is 0.490 e. The van der Waals surface area contributed by atoms with Gasteiger partial charge in [-0.25, -0.2) is 4.79 Å². The van der Waals surface area contributed by atoms with Crippen LogP contribution in [0, 0.1) is 0 Å². The Bertz CT molecular complexity index is 439. The van der Waals surface area contributed by atoms with Crippen molar-refractivity contribution in [1.29, 1.82) is 0 Å². The number of hydrogen-bond donors (Lipinski definition) is 0. The number of benzene rings is 1. The summed E-state index contributed by atoms with van der Waals surface area (Å²) in [7, 11) is 1.11. The van der Waals surface area contributed by atoms with Crippen molar-refractivity contribution in [2.75, 3.05) is 7.11 Å². The highest BCUT2D eigenvalue weighted by Gasteiger charge is 2.35. The summed E-state index contributed by atoms with van der Waals surface area (Å²) < 4.78 is 47.9. The summed E-state index contributed by atoms with van der Waals surface area (Å²) in [5, 5.41) is 0. The zero-order chi connectivity index (χ0) is 13.9. The summed E-state index contributed by atoms with van der Waals surface area (Å²) in [4.78, 5) is 11.2. The van der Waals surface area contributed by atoms with Gasteiger partial charge >= 0.3 is 12.1 Å². The molecule has 6 heteroatoms. The van der Waals surface area contributed by atoms with Crippen molar-refractivity contribution in [2.45, 2.75) is 26.1 Å². The Hall–Kier alpha value is -1.72. The van der Waals surface area contributed by atoms with Gasteiger partial charge in [0, 0.05) is 0 Å². The molecular weight excluding hydrogens is 249 g/mol. The number of alkyl halides is 3. The molecule has 1 rings (SSSR count). The average molecular weight is 262 g/mol.